The van der Waals surface area contributed by atoms with Gasteiger partial charge in [-0.15, -0.1) is 0 Å². The lowest BCUT2D eigenvalue weighted by atomic mass is 9.74. The summed E-state index contributed by atoms with van der Waals surface area (Å²) in [5, 5.41) is 20.6. The number of carbonyl (C=O) groups excluding carboxylic acids is 2. The van der Waals surface area contributed by atoms with Crippen molar-refractivity contribution in [3.8, 4) is 11.5 Å². The Morgan fingerprint density at radius 2 is 1.41 bits per heavy atom. The fourth-order valence-corrected chi connectivity index (χ4v) is 4.18. The Kier molecular flexibility index (Phi) is 4.93. The molecular formula is C25H22O4. The Balaban J connectivity index is 1.69. The van der Waals surface area contributed by atoms with Gasteiger partial charge in [-0.05, 0) is 41.2 Å². The first-order valence-electron chi connectivity index (χ1n) is 9.75. The highest BCUT2D eigenvalue weighted by Crippen LogP contribution is 2.44. The number of fused-ring (bicyclic) bond motifs is 2. The van der Waals surface area contributed by atoms with E-state index in [1.807, 2.05) is 18.2 Å². The molecule has 0 heterocycles. The Morgan fingerprint density at radius 3 is 1.97 bits per heavy atom. The summed E-state index contributed by atoms with van der Waals surface area (Å²) in [5.74, 6) is -1.28. The van der Waals surface area contributed by atoms with Crippen molar-refractivity contribution in [1.29, 1.82) is 0 Å². The molecule has 4 nitrogen and oxygen atoms in total. The van der Waals surface area contributed by atoms with Crippen molar-refractivity contribution in [3.05, 3.63) is 94.5 Å². The normalized spacial score (nSPS) is 14.2. The molecule has 146 valence electrons. The zero-order chi connectivity index (χ0) is 20.5. The molecule has 3 aromatic carbocycles. The maximum Gasteiger partial charge on any atom is 0.201 e. The number of hydrogen-bond donors (Lipinski definition) is 2. The Labute approximate surface area is 169 Å². The molecule has 0 amide bonds. The van der Waals surface area contributed by atoms with E-state index < -0.39 is 11.7 Å². The predicted octanol–water partition coefficient (Wildman–Crippen LogP) is 4.93. The summed E-state index contributed by atoms with van der Waals surface area (Å²) in [4.78, 5) is 26.3. The van der Waals surface area contributed by atoms with Crippen LogP contribution in [0.2, 0.25) is 0 Å². The molecule has 1 atom stereocenters. The minimum Gasteiger partial charge on any atom is -0.507 e. The molecular weight excluding hydrogens is 364 g/mol. The molecule has 0 aliphatic heterocycles. The standard InChI is InChI=1S/C25H22O4/c1-15(16-7-3-2-4-8-16)13-14-21(28)22-17-9-5-11-19(26)23(17)25(29)24-18(22)10-6-12-20(24)27/h2-12,15,22,26-27H,13-14H2,1H3/t15-/m1/s1. The summed E-state index contributed by atoms with van der Waals surface area (Å²) in [7, 11) is 0. The fourth-order valence-electron chi connectivity index (χ4n) is 4.18. The predicted molar refractivity (Wildman–Crippen MR) is 111 cm³/mol. The molecule has 0 saturated heterocycles. The summed E-state index contributed by atoms with van der Waals surface area (Å²) in [5.41, 5.74) is 2.40. The lowest BCUT2D eigenvalue weighted by Crippen LogP contribution is -2.25. The van der Waals surface area contributed by atoms with E-state index in [9.17, 15) is 19.8 Å². The van der Waals surface area contributed by atoms with Crippen molar-refractivity contribution >= 4 is 11.6 Å². The van der Waals surface area contributed by atoms with Crippen LogP contribution in [0.4, 0.5) is 0 Å². The van der Waals surface area contributed by atoms with E-state index in [-0.39, 0.29) is 34.3 Å². The van der Waals surface area contributed by atoms with Crippen LogP contribution in [0, 0.1) is 0 Å². The van der Waals surface area contributed by atoms with Gasteiger partial charge in [0.15, 0.2) is 0 Å². The second-order valence-electron chi connectivity index (χ2n) is 7.56. The first-order valence-corrected chi connectivity index (χ1v) is 9.75. The van der Waals surface area contributed by atoms with E-state index in [0.717, 1.165) is 0 Å². The summed E-state index contributed by atoms with van der Waals surface area (Å²) in [6, 6.07) is 19.6. The molecule has 0 fully saturated rings. The van der Waals surface area contributed by atoms with Gasteiger partial charge in [-0.3, -0.25) is 9.59 Å². The molecule has 4 rings (SSSR count). The summed E-state index contributed by atoms with van der Waals surface area (Å²) < 4.78 is 0. The van der Waals surface area contributed by atoms with E-state index in [0.29, 0.717) is 24.0 Å². The average molecular weight is 386 g/mol. The van der Waals surface area contributed by atoms with E-state index in [1.54, 1.807) is 24.3 Å². The maximum absolute atomic E-state index is 13.3. The molecule has 0 radical (unpaired) electrons. The highest BCUT2D eigenvalue weighted by molar-refractivity contribution is 6.18. The highest BCUT2D eigenvalue weighted by atomic mass is 16.3. The first-order chi connectivity index (χ1) is 14.0. The van der Waals surface area contributed by atoms with Crippen molar-refractivity contribution < 1.29 is 19.8 Å². The topological polar surface area (TPSA) is 74.6 Å². The second-order valence-corrected chi connectivity index (χ2v) is 7.56. The molecule has 1 aliphatic rings. The number of rotatable bonds is 5. The number of aromatic hydroxyl groups is 2. The third-order valence-electron chi connectivity index (χ3n) is 5.74. The average Bonchev–Trinajstić information content (AvgIpc) is 2.72. The van der Waals surface area contributed by atoms with Crippen molar-refractivity contribution in [2.75, 3.05) is 0 Å². The Bertz CT molecular complexity index is 1030. The van der Waals surface area contributed by atoms with Crippen molar-refractivity contribution in [2.45, 2.75) is 31.6 Å². The highest BCUT2D eigenvalue weighted by Gasteiger charge is 2.38. The number of phenolic OH excluding ortho intramolecular Hbond substituents is 2. The van der Waals surface area contributed by atoms with Crippen LogP contribution in [0.15, 0.2) is 66.7 Å². The molecule has 0 saturated carbocycles. The van der Waals surface area contributed by atoms with Crippen LogP contribution < -0.4 is 0 Å². The maximum atomic E-state index is 13.3. The number of hydrogen-bond acceptors (Lipinski definition) is 4. The van der Waals surface area contributed by atoms with Gasteiger partial charge in [-0.1, -0.05) is 61.5 Å². The molecule has 3 aromatic rings. The van der Waals surface area contributed by atoms with Gasteiger partial charge in [-0.25, -0.2) is 0 Å². The minimum atomic E-state index is -0.681. The summed E-state index contributed by atoms with van der Waals surface area (Å²) >= 11 is 0. The quantitative estimate of drug-likeness (QED) is 0.652. The third kappa shape index (κ3) is 3.31. The van der Waals surface area contributed by atoms with Crippen LogP contribution in [-0.2, 0) is 4.79 Å². The van der Waals surface area contributed by atoms with Gasteiger partial charge < -0.3 is 10.2 Å². The molecule has 2 N–H and O–H groups in total. The number of ketones is 2. The molecule has 0 unspecified atom stereocenters. The first kappa shape index (κ1) is 18.9. The zero-order valence-corrected chi connectivity index (χ0v) is 16.1. The van der Waals surface area contributed by atoms with Gasteiger partial charge in [0.05, 0.1) is 17.0 Å². The van der Waals surface area contributed by atoms with Crippen LogP contribution in [0.25, 0.3) is 0 Å². The minimum absolute atomic E-state index is 0.0287. The van der Waals surface area contributed by atoms with Crippen LogP contribution in [0.3, 0.4) is 0 Å². The number of carbonyl (C=O) groups is 2. The zero-order valence-electron chi connectivity index (χ0n) is 16.1. The van der Waals surface area contributed by atoms with Crippen molar-refractivity contribution in [3.63, 3.8) is 0 Å². The molecule has 4 heteroatoms. The smallest absolute Gasteiger partial charge is 0.201 e. The summed E-state index contributed by atoms with van der Waals surface area (Å²) in [6.07, 6.45) is 1.01. The van der Waals surface area contributed by atoms with Gasteiger partial charge in [0.1, 0.15) is 17.3 Å². The van der Waals surface area contributed by atoms with Gasteiger partial charge in [0.25, 0.3) is 0 Å². The molecule has 1 aliphatic carbocycles. The number of phenols is 2. The molecule has 0 aromatic heterocycles. The van der Waals surface area contributed by atoms with Crippen LogP contribution in [0.5, 0.6) is 11.5 Å². The van der Waals surface area contributed by atoms with E-state index >= 15 is 0 Å². The Morgan fingerprint density at radius 1 is 0.862 bits per heavy atom. The van der Waals surface area contributed by atoms with Crippen molar-refractivity contribution in [2.24, 2.45) is 0 Å². The van der Waals surface area contributed by atoms with Gasteiger partial charge in [-0.2, -0.15) is 0 Å². The second kappa shape index (κ2) is 7.55. The number of Topliss-reactive ketones (excluding diaryl/α,β-unsaturated/α-hetero) is 1. The number of benzene rings is 3. The van der Waals surface area contributed by atoms with Crippen LogP contribution >= 0.6 is 0 Å². The third-order valence-corrected chi connectivity index (χ3v) is 5.74. The van der Waals surface area contributed by atoms with E-state index in [2.05, 4.69) is 19.1 Å². The van der Waals surface area contributed by atoms with Gasteiger partial charge in [0.2, 0.25) is 5.78 Å². The van der Waals surface area contributed by atoms with Crippen LogP contribution in [-0.4, -0.2) is 21.8 Å². The lowest BCUT2D eigenvalue weighted by molar-refractivity contribution is -0.119. The van der Waals surface area contributed by atoms with Gasteiger partial charge in [0, 0.05) is 6.42 Å². The lowest BCUT2D eigenvalue weighted by Gasteiger charge is -2.28. The van der Waals surface area contributed by atoms with E-state index in [4.69, 9.17) is 0 Å². The van der Waals surface area contributed by atoms with Crippen molar-refractivity contribution in [1.82, 2.24) is 0 Å². The fraction of sp³-hybridized carbons (Fsp3) is 0.200. The monoisotopic (exact) mass is 386 g/mol. The van der Waals surface area contributed by atoms with E-state index in [1.165, 1.54) is 17.7 Å². The molecule has 0 spiro atoms. The molecule has 29 heavy (non-hydrogen) atoms. The Hall–Kier alpha value is -3.40. The summed E-state index contributed by atoms with van der Waals surface area (Å²) in [6.45, 7) is 2.09. The van der Waals surface area contributed by atoms with Gasteiger partial charge >= 0.3 is 0 Å². The van der Waals surface area contributed by atoms with Crippen LogP contribution in [0.1, 0.15) is 64.2 Å². The largest absolute Gasteiger partial charge is 0.507 e. The SMILES string of the molecule is C[C@H](CCC(=O)C1c2cccc(O)c2C(=O)c2c(O)cccc21)c1ccccc1. The molecule has 0 bridgehead atoms.